The maximum Gasteiger partial charge on any atom is 0.137 e. The quantitative estimate of drug-likeness (QED) is 0.840. The molecular weight excluding hydrogens is 333 g/mol. The van der Waals surface area contributed by atoms with Crippen LogP contribution in [0.15, 0.2) is 34.9 Å². The number of benzene rings is 1. The van der Waals surface area contributed by atoms with Crippen molar-refractivity contribution in [2.45, 2.75) is 39.3 Å². The summed E-state index contributed by atoms with van der Waals surface area (Å²) in [6, 6.07) is 7.69. The monoisotopic (exact) mass is 353 g/mol. The lowest BCUT2D eigenvalue weighted by atomic mass is 10.0. The first-order valence-electron chi connectivity index (χ1n) is 7.23. The van der Waals surface area contributed by atoms with Crippen molar-refractivity contribution in [1.82, 2.24) is 15.1 Å². The van der Waals surface area contributed by atoms with Gasteiger partial charge in [0.15, 0.2) is 0 Å². The van der Waals surface area contributed by atoms with Crippen LogP contribution in [-0.4, -0.2) is 16.3 Å². The summed E-state index contributed by atoms with van der Waals surface area (Å²) in [5, 5.41) is 8.03. The number of nitrogens with one attached hydrogen (secondary N) is 1. The molecule has 0 fully saturated rings. The maximum atomic E-state index is 13.4. The highest BCUT2D eigenvalue weighted by Crippen LogP contribution is 2.24. The first-order chi connectivity index (χ1) is 10.0. The van der Waals surface area contributed by atoms with Crippen LogP contribution in [0.4, 0.5) is 4.39 Å². The van der Waals surface area contributed by atoms with E-state index in [1.165, 1.54) is 6.07 Å². The molecule has 1 atom stereocenters. The van der Waals surface area contributed by atoms with E-state index in [1.54, 1.807) is 0 Å². The molecule has 0 amide bonds. The van der Waals surface area contributed by atoms with Crippen molar-refractivity contribution < 1.29 is 4.39 Å². The second-order valence-corrected chi connectivity index (χ2v) is 6.22. The Bertz CT molecular complexity index is 595. The lowest BCUT2D eigenvalue weighted by Crippen LogP contribution is -2.23. The highest BCUT2D eigenvalue weighted by molar-refractivity contribution is 9.10. The average Bonchev–Trinajstić information content (AvgIpc) is 2.90. The molecule has 114 valence electrons. The second kappa shape index (κ2) is 7.18. The summed E-state index contributed by atoms with van der Waals surface area (Å²) >= 11 is 3.25. The van der Waals surface area contributed by atoms with E-state index in [1.807, 2.05) is 29.1 Å². The second-order valence-electron chi connectivity index (χ2n) is 5.37. The fourth-order valence-electron chi connectivity index (χ4n) is 2.27. The predicted molar refractivity (Wildman–Crippen MR) is 86.8 cm³/mol. The predicted octanol–water partition coefficient (Wildman–Crippen LogP) is 4.26. The van der Waals surface area contributed by atoms with Crippen LogP contribution in [0, 0.1) is 5.82 Å². The smallest absolute Gasteiger partial charge is 0.137 e. The van der Waals surface area contributed by atoms with Gasteiger partial charge < -0.3 is 5.32 Å². The van der Waals surface area contributed by atoms with Crippen molar-refractivity contribution in [3.05, 3.63) is 52.0 Å². The fourth-order valence-corrected chi connectivity index (χ4v) is 2.66. The largest absolute Gasteiger partial charge is 0.310 e. The number of hydrogen-bond donors (Lipinski definition) is 1. The molecule has 0 aliphatic carbocycles. The van der Waals surface area contributed by atoms with E-state index in [0.29, 0.717) is 10.5 Å². The van der Waals surface area contributed by atoms with Crippen molar-refractivity contribution in [3.8, 4) is 0 Å². The van der Waals surface area contributed by atoms with E-state index in [-0.39, 0.29) is 11.9 Å². The Kier molecular flexibility index (Phi) is 5.53. The van der Waals surface area contributed by atoms with Crippen LogP contribution in [0.1, 0.15) is 44.1 Å². The summed E-state index contributed by atoms with van der Waals surface area (Å²) in [4.78, 5) is 0. The normalized spacial score (nSPS) is 12.9. The fraction of sp³-hybridized carbons (Fsp3) is 0.438. The minimum absolute atomic E-state index is 0.127. The van der Waals surface area contributed by atoms with Gasteiger partial charge in [0.05, 0.1) is 10.2 Å². The van der Waals surface area contributed by atoms with Gasteiger partial charge in [0, 0.05) is 24.7 Å². The Morgan fingerprint density at radius 1 is 1.33 bits per heavy atom. The van der Waals surface area contributed by atoms with Gasteiger partial charge in [-0.1, -0.05) is 13.0 Å². The molecular formula is C16H21BrFN3. The van der Waals surface area contributed by atoms with E-state index in [0.717, 1.165) is 24.2 Å². The summed E-state index contributed by atoms with van der Waals surface area (Å²) in [5.41, 5.74) is 2.10. The van der Waals surface area contributed by atoms with Crippen LogP contribution in [0.3, 0.4) is 0 Å². The molecule has 0 spiro atoms. The molecule has 0 aliphatic rings. The van der Waals surface area contributed by atoms with Gasteiger partial charge in [-0.05, 0) is 60.1 Å². The van der Waals surface area contributed by atoms with E-state index >= 15 is 0 Å². The van der Waals surface area contributed by atoms with Crippen LogP contribution in [0.25, 0.3) is 0 Å². The molecule has 1 N–H and O–H groups in total. The molecule has 0 saturated heterocycles. The molecule has 1 aromatic heterocycles. The summed E-state index contributed by atoms with van der Waals surface area (Å²) < 4.78 is 15.8. The van der Waals surface area contributed by atoms with Gasteiger partial charge in [-0.15, -0.1) is 0 Å². The minimum atomic E-state index is -0.238. The summed E-state index contributed by atoms with van der Waals surface area (Å²) in [5.74, 6) is -0.238. The third kappa shape index (κ3) is 4.14. The molecule has 1 heterocycles. The molecule has 0 saturated carbocycles. The number of nitrogens with zero attached hydrogens (tertiary/aromatic N) is 2. The number of likely N-dealkylation sites (N-methyl/N-ethyl adjacent to an activating group) is 1. The molecule has 0 aliphatic heterocycles. The van der Waals surface area contributed by atoms with Crippen molar-refractivity contribution in [1.29, 1.82) is 0 Å². The van der Waals surface area contributed by atoms with Crippen molar-refractivity contribution in [2.75, 3.05) is 6.54 Å². The standard InChI is InChI=1S/C16H21BrFN3/c1-4-19-16(12-5-6-15(18)14(17)9-12)10-13-7-8-21(20-13)11(2)3/h5-9,11,16,19H,4,10H2,1-3H3. The van der Waals surface area contributed by atoms with Crippen LogP contribution in [0.2, 0.25) is 0 Å². The lowest BCUT2D eigenvalue weighted by Gasteiger charge is -2.18. The molecule has 2 aromatic rings. The van der Waals surface area contributed by atoms with Crippen molar-refractivity contribution in [3.63, 3.8) is 0 Å². The first-order valence-corrected chi connectivity index (χ1v) is 8.03. The van der Waals surface area contributed by atoms with Crippen LogP contribution < -0.4 is 5.32 Å². The topological polar surface area (TPSA) is 29.9 Å². The Morgan fingerprint density at radius 2 is 2.10 bits per heavy atom. The Morgan fingerprint density at radius 3 is 2.67 bits per heavy atom. The van der Waals surface area contributed by atoms with Gasteiger partial charge in [0.1, 0.15) is 5.82 Å². The van der Waals surface area contributed by atoms with E-state index in [4.69, 9.17) is 0 Å². The molecule has 3 nitrogen and oxygen atoms in total. The van der Waals surface area contributed by atoms with Gasteiger partial charge in [0.2, 0.25) is 0 Å². The first kappa shape index (κ1) is 16.2. The van der Waals surface area contributed by atoms with Gasteiger partial charge in [0.25, 0.3) is 0 Å². The zero-order valence-electron chi connectivity index (χ0n) is 12.6. The maximum absolute atomic E-state index is 13.4. The third-order valence-corrected chi connectivity index (χ3v) is 4.01. The van der Waals surface area contributed by atoms with E-state index < -0.39 is 0 Å². The van der Waals surface area contributed by atoms with Crippen molar-refractivity contribution >= 4 is 15.9 Å². The molecule has 0 bridgehead atoms. The highest BCUT2D eigenvalue weighted by Gasteiger charge is 2.15. The lowest BCUT2D eigenvalue weighted by molar-refractivity contribution is 0.506. The molecule has 0 radical (unpaired) electrons. The van der Waals surface area contributed by atoms with Crippen LogP contribution in [0.5, 0.6) is 0 Å². The van der Waals surface area contributed by atoms with Crippen molar-refractivity contribution in [2.24, 2.45) is 0 Å². The summed E-state index contributed by atoms with van der Waals surface area (Å²) in [6.07, 6.45) is 2.79. The molecule has 1 unspecified atom stereocenters. The number of hydrogen-bond acceptors (Lipinski definition) is 2. The average molecular weight is 354 g/mol. The number of halogens is 2. The van der Waals surface area contributed by atoms with Gasteiger partial charge in [-0.2, -0.15) is 5.10 Å². The highest BCUT2D eigenvalue weighted by atomic mass is 79.9. The summed E-state index contributed by atoms with van der Waals surface area (Å²) in [6.45, 7) is 7.13. The Balaban J connectivity index is 2.19. The number of rotatable bonds is 6. The van der Waals surface area contributed by atoms with Gasteiger partial charge in [-0.25, -0.2) is 4.39 Å². The third-order valence-electron chi connectivity index (χ3n) is 3.40. The van der Waals surface area contributed by atoms with Gasteiger partial charge in [-0.3, -0.25) is 4.68 Å². The Hall–Kier alpha value is -1.20. The van der Waals surface area contributed by atoms with Gasteiger partial charge >= 0.3 is 0 Å². The Labute approximate surface area is 133 Å². The van der Waals surface area contributed by atoms with E-state index in [9.17, 15) is 4.39 Å². The number of aromatic nitrogens is 2. The molecule has 5 heteroatoms. The molecule has 1 aromatic carbocycles. The molecule has 2 rings (SSSR count). The van der Waals surface area contributed by atoms with E-state index in [2.05, 4.69) is 47.1 Å². The summed E-state index contributed by atoms with van der Waals surface area (Å²) in [7, 11) is 0. The zero-order valence-corrected chi connectivity index (χ0v) is 14.2. The van der Waals surface area contributed by atoms with Crippen LogP contribution >= 0.6 is 15.9 Å². The zero-order chi connectivity index (χ0) is 15.4. The van der Waals surface area contributed by atoms with Crippen LogP contribution in [-0.2, 0) is 6.42 Å². The molecule has 21 heavy (non-hydrogen) atoms. The minimum Gasteiger partial charge on any atom is -0.310 e. The SMILES string of the molecule is CCNC(Cc1ccn(C(C)C)n1)c1ccc(F)c(Br)c1.